The van der Waals surface area contributed by atoms with Gasteiger partial charge in [-0.25, -0.2) is 4.98 Å². The van der Waals surface area contributed by atoms with Gasteiger partial charge in [-0.3, -0.25) is 19.2 Å². The van der Waals surface area contributed by atoms with Crippen LogP contribution in [0.15, 0.2) is 54.6 Å². The Balaban J connectivity index is 1.34. The fourth-order valence-electron chi connectivity index (χ4n) is 5.85. The molecule has 1 N–H and O–H groups in total. The van der Waals surface area contributed by atoms with Crippen LogP contribution in [0.5, 0.6) is 11.5 Å². The van der Waals surface area contributed by atoms with Crippen molar-refractivity contribution in [3.63, 3.8) is 0 Å². The molecule has 5 rings (SSSR count). The van der Waals surface area contributed by atoms with Gasteiger partial charge in [0.25, 0.3) is 0 Å². The third-order valence-electron chi connectivity index (χ3n) is 8.54. The van der Waals surface area contributed by atoms with Gasteiger partial charge >= 0.3 is 0 Å². The molecule has 3 aromatic rings. The van der Waals surface area contributed by atoms with E-state index in [2.05, 4.69) is 5.32 Å². The van der Waals surface area contributed by atoms with E-state index in [1.54, 1.807) is 54.2 Å². The van der Waals surface area contributed by atoms with Crippen LogP contribution >= 0.6 is 11.8 Å². The number of ether oxygens (including phenoxy) is 2. The summed E-state index contributed by atoms with van der Waals surface area (Å²) in [6.45, 7) is 6.28. The van der Waals surface area contributed by atoms with Crippen molar-refractivity contribution in [2.45, 2.75) is 39.2 Å². The van der Waals surface area contributed by atoms with Crippen molar-refractivity contribution in [2.75, 3.05) is 62.9 Å². The van der Waals surface area contributed by atoms with E-state index >= 15 is 0 Å². The number of carbonyl (C=O) groups is 4. The van der Waals surface area contributed by atoms with E-state index in [-0.39, 0.29) is 22.8 Å². The Labute approximate surface area is 284 Å². The van der Waals surface area contributed by atoms with Crippen LogP contribution in [0.25, 0.3) is 10.9 Å². The quantitative estimate of drug-likeness (QED) is 0.292. The van der Waals surface area contributed by atoms with Crippen molar-refractivity contribution in [1.82, 2.24) is 19.8 Å². The molecule has 2 aliphatic heterocycles. The molecule has 2 fully saturated rings. The van der Waals surface area contributed by atoms with Crippen molar-refractivity contribution in [1.29, 1.82) is 0 Å². The Morgan fingerprint density at radius 2 is 1.71 bits per heavy atom. The van der Waals surface area contributed by atoms with E-state index in [4.69, 9.17) is 19.4 Å². The molecule has 2 aliphatic rings. The number of hydrogen-bond donors (Lipinski definition) is 1. The third kappa shape index (κ3) is 7.89. The first-order chi connectivity index (χ1) is 23.2. The highest BCUT2D eigenvalue weighted by Crippen LogP contribution is 2.35. The number of anilines is 2. The summed E-state index contributed by atoms with van der Waals surface area (Å²) in [7, 11) is 3.07. The van der Waals surface area contributed by atoms with Gasteiger partial charge in [-0.05, 0) is 31.4 Å². The molecule has 0 saturated carbocycles. The van der Waals surface area contributed by atoms with Crippen LogP contribution < -0.4 is 19.7 Å². The minimum Gasteiger partial charge on any atom is -0.493 e. The lowest BCUT2D eigenvalue weighted by atomic mass is 10.1. The SMILES string of the molecule is CCC=CC(=O)N1CCN(c2nc(NC(=O)[C@@H]3CCCN3C(=O)C(C)CSC(=O)c3ccccc3)c3cc(OC)c(OC)cc3n2)CC1. The van der Waals surface area contributed by atoms with Crippen molar-refractivity contribution in [2.24, 2.45) is 5.92 Å². The fraction of sp³-hybridized carbons (Fsp3) is 0.429. The van der Waals surface area contributed by atoms with Crippen LogP contribution in [0.1, 0.15) is 43.5 Å². The van der Waals surface area contributed by atoms with Crippen LogP contribution in [-0.4, -0.2) is 101 Å². The summed E-state index contributed by atoms with van der Waals surface area (Å²) in [6.07, 6.45) is 5.44. The Hall–Kier alpha value is -4.65. The second-order valence-electron chi connectivity index (χ2n) is 11.8. The Morgan fingerprint density at radius 3 is 2.40 bits per heavy atom. The minimum atomic E-state index is -0.686. The van der Waals surface area contributed by atoms with Crippen LogP contribution in [0, 0.1) is 5.92 Å². The van der Waals surface area contributed by atoms with Gasteiger partial charge in [0.15, 0.2) is 11.5 Å². The number of thioether (sulfide) groups is 1. The molecule has 254 valence electrons. The lowest BCUT2D eigenvalue weighted by Crippen LogP contribution is -2.49. The van der Waals surface area contributed by atoms with Gasteiger partial charge in [-0.1, -0.05) is 62.0 Å². The first-order valence-corrected chi connectivity index (χ1v) is 17.2. The zero-order chi connectivity index (χ0) is 34.2. The lowest BCUT2D eigenvalue weighted by molar-refractivity contribution is -0.139. The van der Waals surface area contributed by atoms with E-state index in [1.807, 2.05) is 36.1 Å². The molecule has 0 aliphatic carbocycles. The standard InChI is InChI=1S/C35H42N6O6S/c1-5-6-14-30(42)39-16-18-40(19-17-39)35-36-26-21-29(47-4)28(46-3)20-25(26)31(38-35)37-32(43)27-13-10-15-41(27)33(44)23(2)22-48-34(45)24-11-8-7-9-12-24/h6-9,11-12,14,20-21,23,27H,5,10,13,15-19,22H2,1-4H3,(H,36,37,38,43)/t23?,27-/m0/s1. The van der Waals surface area contributed by atoms with Crippen LogP contribution in [0.4, 0.5) is 11.8 Å². The van der Waals surface area contributed by atoms with E-state index < -0.39 is 12.0 Å². The number of nitrogens with zero attached hydrogens (tertiary/aromatic N) is 5. The molecule has 1 aromatic heterocycles. The predicted molar refractivity (Wildman–Crippen MR) is 187 cm³/mol. The zero-order valence-electron chi connectivity index (χ0n) is 27.8. The molecule has 3 heterocycles. The number of aromatic nitrogens is 2. The molecule has 48 heavy (non-hydrogen) atoms. The highest BCUT2D eigenvalue weighted by Gasteiger charge is 2.36. The molecule has 0 bridgehead atoms. The van der Waals surface area contributed by atoms with Gasteiger partial charge in [0.05, 0.1) is 19.7 Å². The van der Waals surface area contributed by atoms with E-state index in [9.17, 15) is 19.2 Å². The average molecular weight is 675 g/mol. The number of allylic oxidation sites excluding steroid dienone is 1. The van der Waals surface area contributed by atoms with Gasteiger partial charge in [0.2, 0.25) is 28.8 Å². The summed E-state index contributed by atoms with van der Waals surface area (Å²) in [5, 5.41) is 3.47. The molecular formula is C35H42N6O6S. The molecule has 2 atom stereocenters. The number of rotatable bonds is 11. The first kappa shape index (κ1) is 34.7. The Morgan fingerprint density at radius 1 is 1.00 bits per heavy atom. The second kappa shape index (κ2) is 16.0. The number of fused-ring (bicyclic) bond motifs is 1. The number of benzene rings is 2. The van der Waals surface area contributed by atoms with E-state index in [0.29, 0.717) is 91.0 Å². The summed E-state index contributed by atoms with van der Waals surface area (Å²) < 4.78 is 11.1. The number of carbonyl (C=O) groups excluding carboxylic acids is 4. The topological polar surface area (TPSA) is 134 Å². The summed E-state index contributed by atoms with van der Waals surface area (Å²) in [5.41, 5.74) is 1.14. The number of likely N-dealkylation sites (tertiary alicyclic amines) is 1. The molecule has 13 heteroatoms. The number of nitrogens with one attached hydrogen (secondary N) is 1. The van der Waals surface area contributed by atoms with Crippen LogP contribution in [0.3, 0.4) is 0 Å². The fourth-order valence-corrected chi connectivity index (χ4v) is 6.69. The maximum atomic E-state index is 13.9. The Bertz CT molecular complexity index is 1680. The summed E-state index contributed by atoms with van der Waals surface area (Å²) in [4.78, 5) is 67.5. The number of hydrogen-bond acceptors (Lipinski definition) is 10. The van der Waals surface area contributed by atoms with Gasteiger partial charge in [-0.2, -0.15) is 4.98 Å². The molecule has 2 saturated heterocycles. The monoisotopic (exact) mass is 674 g/mol. The van der Waals surface area contributed by atoms with Crippen molar-refractivity contribution in [3.05, 3.63) is 60.2 Å². The maximum Gasteiger partial charge on any atom is 0.248 e. The van der Waals surface area contributed by atoms with Crippen molar-refractivity contribution < 1.29 is 28.7 Å². The van der Waals surface area contributed by atoms with Gasteiger partial charge in [-0.15, -0.1) is 0 Å². The molecular weight excluding hydrogens is 632 g/mol. The predicted octanol–water partition coefficient (Wildman–Crippen LogP) is 4.40. The largest absolute Gasteiger partial charge is 0.493 e. The average Bonchev–Trinajstić information content (AvgIpc) is 3.62. The highest BCUT2D eigenvalue weighted by molar-refractivity contribution is 8.14. The normalized spacial score (nSPS) is 17.1. The summed E-state index contributed by atoms with van der Waals surface area (Å²) in [5.74, 6) is 0.965. The highest BCUT2D eigenvalue weighted by atomic mass is 32.2. The molecule has 0 spiro atoms. The first-order valence-electron chi connectivity index (χ1n) is 16.2. The molecule has 0 radical (unpaired) electrons. The van der Waals surface area contributed by atoms with E-state index in [0.717, 1.165) is 18.2 Å². The number of piperazine rings is 1. The smallest absolute Gasteiger partial charge is 0.248 e. The van der Waals surface area contributed by atoms with Gasteiger partial charge in [0, 0.05) is 61.4 Å². The number of amides is 3. The van der Waals surface area contributed by atoms with Gasteiger partial charge < -0.3 is 29.5 Å². The lowest BCUT2D eigenvalue weighted by Gasteiger charge is -2.34. The minimum absolute atomic E-state index is 0.0212. The summed E-state index contributed by atoms with van der Waals surface area (Å²) in [6, 6.07) is 11.8. The third-order valence-corrected chi connectivity index (χ3v) is 9.70. The van der Waals surface area contributed by atoms with Crippen molar-refractivity contribution in [3.8, 4) is 11.5 Å². The molecule has 2 aromatic carbocycles. The van der Waals surface area contributed by atoms with Crippen molar-refractivity contribution >= 4 is 57.3 Å². The summed E-state index contributed by atoms with van der Waals surface area (Å²) >= 11 is 1.11. The second-order valence-corrected chi connectivity index (χ2v) is 12.8. The van der Waals surface area contributed by atoms with E-state index in [1.165, 1.54) is 7.11 Å². The van der Waals surface area contributed by atoms with Crippen LogP contribution in [0.2, 0.25) is 0 Å². The molecule has 12 nitrogen and oxygen atoms in total. The Kier molecular flexibility index (Phi) is 11.5. The van der Waals surface area contributed by atoms with Gasteiger partial charge in [0.1, 0.15) is 11.9 Å². The van der Waals surface area contributed by atoms with Crippen LogP contribution in [-0.2, 0) is 14.4 Å². The molecule has 1 unspecified atom stereocenters. The number of methoxy groups -OCH3 is 2. The maximum absolute atomic E-state index is 13.9. The molecule has 3 amide bonds. The zero-order valence-corrected chi connectivity index (χ0v) is 28.6.